The SMILES string of the molecule is CCCC1(CCC)OC(=O)c2ccccc2O1. The van der Waals surface area contributed by atoms with Gasteiger partial charge in [-0.05, 0) is 25.0 Å². The number of rotatable bonds is 4. The first kappa shape index (κ1) is 12.0. The molecule has 0 amide bonds. The third kappa shape index (κ3) is 2.28. The lowest BCUT2D eigenvalue weighted by Crippen LogP contribution is -2.44. The van der Waals surface area contributed by atoms with Crippen LogP contribution < -0.4 is 4.74 Å². The lowest BCUT2D eigenvalue weighted by Gasteiger charge is -2.37. The number of para-hydroxylation sites is 1. The number of ether oxygens (including phenoxy) is 2. The molecule has 0 aromatic heterocycles. The van der Waals surface area contributed by atoms with Crippen LogP contribution in [0, 0.1) is 0 Å². The maximum Gasteiger partial charge on any atom is 0.345 e. The number of benzene rings is 1. The van der Waals surface area contributed by atoms with Crippen molar-refractivity contribution < 1.29 is 14.3 Å². The van der Waals surface area contributed by atoms with Crippen LogP contribution in [0.4, 0.5) is 0 Å². The van der Waals surface area contributed by atoms with E-state index in [2.05, 4.69) is 13.8 Å². The van der Waals surface area contributed by atoms with Crippen LogP contribution in [0.15, 0.2) is 24.3 Å². The molecule has 0 saturated heterocycles. The van der Waals surface area contributed by atoms with Crippen molar-refractivity contribution >= 4 is 5.97 Å². The number of carbonyl (C=O) groups excluding carboxylic acids is 1. The van der Waals surface area contributed by atoms with Gasteiger partial charge in [-0.3, -0.25) is 0 Å². The summed E-state index contributed by atoms with van der Waals surface area (Å²) < 4.78 is 11.4. The van der Waals surface area contributed by atoms with E-state index in [1.165, 1.54) is 0 Å². The summed E-state index contributed by atoms with van der Waals surface area (Å²) >= 11 is 0. The fraction of sp³-hybridized carbons (Fsp3) is 0.500. The first-order valence-corrected chi connectivity index (χ1v) is 6.22. The Hall–Kier alpha value is -1.51. The van der Waals surface area contributed by atoms with Crippen LogP contribution in [0.25, 0.3) is 0 Å². The van der Waals surface area contributed by atoms with Gasteiger partial charge in [0, 0.05) is 12.8 Å². The predicted molar refractivity (Wildman–Crippen MR) is 65.0 cm³/mol. The lowest BCUT2D eigenvalue weighted by atomic mass is 10.0. The minimum atomic E-state index is -0.755. The van der Waals surface area contributed by atoms with Gasteiger partial charge in [0.15, 0.2) is 0 Å². The molecule has 1 heterocycles. The Morgan fingerprint density at radius 2 is 1.71 bits per heavy atom. The summed E-state index contributed by atoms with van der Waals surface area (Å²) in [7, 11) is 0. The lowest BCUT2D eigenvalue weighted by molar-refractivity contribution is -0.163. The summed E-state index contributed by atoms with van der Waals surface area (Å²) in [5.74, 6) is -0.381. The third-order valence-electron chi connectivity index (χ3n) is 2.94. The standard InChI is InChI=1S/C14H18O3/c1-3-9-14(10-4-2)16-12-8-6-5-7-11(12)13(15)17-14/h5-8H,3-4,9-10H2,1-2H3. The molecular weight excluding hydrogens is 216 g/mol. The molecule has 3 nitrogen and oxygen atoms in total. The van der Waals surface area contributed by atoms with E-state index in [0.717, 1.165) is 25.7 Å². The van der Waals surface area contributed by atoms with Gasteiger partial charge in [-0.2, -0.15) is 0 Å². The van der Waals surface area contributed by atoms with Crippen LogP contribution >= 0.6 is 0 Å². The molecule has 0 unspecified atom stereocenters. The zero-order chi connectivity index (χ0) is 12.3. The van der Waals surface area contributed by atoms with Crippen molar-refractivity contribution in [3.63, 3.8) is 0 Å². The molecule has 0 radical (unpaired) electrons. The van der Waals surface area contributed by atoms with Crippen molar-refractivity contribution in [2.24, 2.45) is 0 Å². The molecule has 1 aromatic rings. The quantitative estimate of drug-likeness (QED) is 0.747. The van der Waals surface area contributed by atoms with Crippen molar-refractivity contribution in [1.82, 2.24) is 0 Å². The molecule has 3 heteroatoms. The molecule has 0 aliphatic carbocycles. The summed E-state index contributed by atoms with van der Waals surface area (Å²) in [6.07, 6.45) is 3.33. The molecule has 0 saturated carbocycles. The van der Waals surface area contributed by atoms with Crippen LogP contribution in [0.5, 0.6) is 5.75 Å². The van der Waals surface area contributed by atoms with Gasteiger partial charge in [0.1, 0.15) is 11.3 Å². The average molecular weight is 234 g/mol. The van der Waals surface area contributed by atoms with E-state index >= 15 is 0 Å². The van der Waals surface area contributed by atoms with Crippen molar-refractivity contribution in [2.45, 2.75) is 45.3 Å². The minimum Gasteiger partial charge on any atom is -0.451 e. The Morgan fingerprint density at radius 1 is 1.06 bits per heavy atom. The summed E-state index contributed by atoms with van der Waals surface area (Å²) in [4.78, 5) is 11.9. The third-order valence-corrected chi connectivity index (χ3v) is 2.94. The van der Waals surface area contributed by atoms with E-state index < -0.39 is 5.79 Å². The Morgan fingerprint density at radius 3 is 2.35 bits per heavy atom. The summed E-state index contributed by atoms with van der Waals surface area (Å²) in [5, 5.41) is 0. The van der Waals surface area contributed by atoms with Gasteiger partial charge in [-0.25, -0.2) is 4.79 Å². The summed E-state index contributed by atoms with van der Waals surface area (Å²) in [6, 6.07) is 7.26. The Bertz CT molecular complexity index is 406. The topological polar surface area (TPSA) is 35.5 Å². The van der Waals surface area contributed by atoms with Gasteiger partial charge >= 0.3 is 5.97 Å². The van der Waals surface area contributed by atoms with Gasteiger partial charge in [-0.15, -0.1) is 0 Å². The molecule has 0 fully saturated rings. The number of carbonyl (C=O) groups is 1. The van der Waals surface area contributed by atoms with Crippen molar-refractivity contribution in [3.8, 4) is 5.75 Å². The summed E-state index contributed by atoms with van der Waals surface area (Å²) in [5.41, 5.74) is 0.523. The fourth-order valence-corrected chi connectivity index (χ4v) is 2.26. The van der Waals surface area contributed by atoms with E-state index in [1.807, 2.05) is 18.2 Å². The number of esters is 1. The monoisotopic (exact) mass is 234 g/mol. The van der Waals surface area contributed by atoms with E-state index in [9.17, 15) is 4.79 Å². The zero-order valence-corrected chi connectivity index (χ0v) is 10.4. The first-order chi connectivity index (χ1) is 8.21. The maximum absolute atomic E-state index is 11.9. The highest BCUT2D eigenvalue weighted by molar-refractivity contribution is 5.93. The van der Waals surface area contributed by atoms with Gasteiger partial charge < -0.3 is 9.47 Å². The largest absolute Gasteiger partial charge is 0.451 e. The van der Waals surface area contributed by atoms with Crippen LogP contribution in [0.1, 0.15) is 49.9 Å². The van der Waals surface area contributed by atoms with Crippen molar-refractivity contribution in [2.75, 3.05) is 0 Å². The van der Waals surface area contributed by atoms with E-state index in [1.54, 1.807) is 6.07 Å². The van der Waals surface area contributed by atoms with Crippen molar-refractivity contribution in [1.29, 1.82) is 0 Å². The zero-order valence-electron chi connectivity index (χ0n) is 10.4. The number of hydrogen-bond acceptors (Lipinski definition) is 3. The van der Waals surface area contributed by atoms with Gasteiger partial charge in [-0.1, -0.05) is 26.0 Å². The van der Waals surface area contributed by atoms with Crippen LogP contribution in [0.3, 0.4) is 0 Å². The highest BCUT2D eigenvalue weighted by Crippen LogP contribution is 2.36. The number of fused-ring (bicyclic) bond motifs is 1. The highest BCUT2D eigenvalue weighted by atomic mass is 16.7. The molecule has 17 heavy (non-hydrogen) atoms. The predicted octanol–water partition coefficient (Wildman–Crippen LogP) is 3.53. The molecule has 0 bridgehead atoms. The molecule has 2 rings (SSSR count). The Balaban J connectivity index is 2.33. The van der Waals surface area contributed by atoms with E-state index in [0.29, 0.717) is 11.3 Å². The van der Waals surface area contributed by atoms with E-state index in [4.69, 9.17) is 9.47 Å². The normalized spacial score (nSPS) is 16.9. The Kier molecular flexibility index (Phi) is 3.36. The van der Waals surface area contributed by atoms with Gasteiger partial charge in [0.05, 0.1) is 0 Å². The molecule has 0 spiro atoms. The van der Waals surface area contributed by atoms with Gasteiger partial charge in [0.2, 0.25) is 0 Å². The van der Waals surface area contributed by atoms with Crippen LogP contribution in [-0.4, -0.2) is 11.8 Å². The van der Waals surface area contributed by atoms with Crippen LogP contribution in [-0.2, 0) is 4.74 Å². The molecular formula is C14H18O3. The van der Waals surface area contributed by atoms with E-state index in [-0.39, 0.29) is 5.97 Å². The molecule has 1 aromatic carbocycles. The molecule has 0 N–H and O–H groups in total. The molecule has 1 aliphatic rings. The fourth-order valence-electron chi connectivity index (χ4n) is 2.26. The molecule has 0 atom stereocenters. The number of hydrogen-bond donors (Lipinski definition) is 0. The second kappa shape index (κ2) is 4.78. The minimum absolute atomic E-state index is 0.270. The second-order valence-corrected chi connectivity index (χ2v) is 4.40. The van der Waals surface area contributed by atoms with Crippen LogP contribution in [0.2, 0.25) is 0 Å². The smallest absolute Gasteiger partial charge is 0.345 e. The van der Waals surface area contributed by atoms with Crippen molar-refractivity contribution in [3.05, 3.63) is 29.8 Å². The molecule has 92 valence electrons. The second-order valence-electron chi connectivity index (χ2n) is 4.40. The summed E-state index contributed by atoms with van der Waals surface area (Å²) in [6.45, 7) is 4.13. The highest BCUT2D eigenvalue weighted by Gasteiger charge is 2.40. The first-order valence-electron chi connectivity index (χ1n) is 6.22. The number of cyclic esters (lactones) is 1. The molecule has 1 aliphatic heterocycles. The maximum atomic E-state index is 11.9. The van der Waals surface area contributed by atoms with Gasteiger partial charge in [0.25, 0.3) is 5.79 Å². The average Bonchev–Trinajstić information content (AvgIpc) is 2.29. The Labute approximate surface area is 102 Å².